The van der Waals surface area contributed by atoms with Crippen LogP contribution in [0.2, 0.25) is 0 Å². The van der Waals surface area contributed by atoms with Crippen LogP contribution in [-0.4, -0.2) is 27.2 Å². The Hall–Kier alpha value is -1.43. The van der Waals surface area contributed by atoms with Gasteiger partial charge in [0.15, 0.2) is 5.69 Å². The third kappa shape index (κ3) is 1.59. The lowest BCUT2D eigenvalue weighted by molar-refractivity contribution is 0.0520. The zero-order chi connectivity index (χ0) is 11.1. The van der Waals surface area contributed by atoms with Crippen LogP contribution in [0.1, 0.15) is 41.2 Å². The van der Waals surface area contributed by atoms with Gasteiger partial charge in [0, 0.05) is 5.92 Å². The van der Waals surface area contributed by atoms with E-state index < -0.39 is 0 Å². The van der Waals surface area contributed by atoms with Crippen LogP contribution in [0.25, 0.3) is 4.96 Å². The fraction of sp³-hybridized carbons (Fsp3) is 0.500. The summed E-state index contributed by atoms with van der Waals surface area (Å²) in [6.45, 7) is 2.14. The summed E-state index contributed by atoms with van der Waals surface area (Å²) in [7, 11) is 0. The molecule has 0 spiro atoms. The minimum atomic E-state index is -0.381. The second kappa shape index (κ2) is 3.55. The lowest BCUT2D eigenvalue weighted by atomic mass is 10.5. The smallest absolute Gasteiger partial charge is 0.358 e. The average molecular weight is 237 g/mol. The Kier molecular flexibility index (Phi) is 2.17. The maximum atomic E-state index is 11.4. The molecule has 0 bridgehead atoms. The van der Waals surface area contributed by atoms with Crippen LogP contribution in [0, 0.1) is 0 Å². The summed E-state index contributed by atoms with van der Waals surface area (Å²) in [6, 6.07) is 0. The van der Waals surface area contributed by atoms with E-state index in [4.69, 9.17) is 4.74 Å². The molecule has 5 nitrogen and oxygen atoms in total. The number of aromatic nitrogens is 3. The number of hydrogen-bond donors (Lipinski definition) is 0. The van der Waals surface area contributed by atoms with Crippen molar-refractivity contribution in [3.63, 3.8) is 0 Å². The number of fused-ring (bicyclic) bond motifs is 1. The molecule has 3 rings (SSSR count). The van der Waals surface area contributed by atoms with E-state index in [1.165, 1.54) is 12.8 Å². The highest BCUT2D eigenvalue weighted by Crippen LogP contribution is 2.41. The molecule has 6 heteroatoms. The number of carbonyl (C=O) groups is 1. The molecule has 2 aromatic rings. The van der Waals surface area contributed by atoms with Crippen molar-refractivity contribution in [1.29, 1.82) is 0 Å². The van der Waals surface area contributed by atoms with E-state index in [2.05, 4.69) is 10.1 Å². The van der Waals surface area contributed by atoms with Gasteiger partial charge in [0.05, 0.1) is 12.8 Å². The van der Waals surface area contributed by atoms with Crippen LogP contribution in [-0.2, 0) is 4.74 Å². The topological polar surface area (TPSA) is 56.5 Å². The van der Waals surface area contributed by atoms with Crippen molar-refractivity contribution in [3.8, 4) is 0 Å². The molecule has 84 valence electrons. The summed E-state index contributed by atoms with van der Waals surface area (Å²) in [5, 5.41) is 5.53. The lowest BCUT2D eigenvalue weighted by Gasteiger charge is -1.95. The molecule has 2 aromatic heterocycles. The van der Waals surface area contributed by atoms with Gasteiger partial charge in [0.25, 0.3) is 0 Å². The van der Waals surface area contributed by atoms with Gasteiger partial charge in [-0.3, -0.25) is 0 Å². The van der Waals surface area contributed by atoms with E-state index in [-0.39, 0.29) is 5.97 Å². The third-order valence-corrected chi connectivity index (χ3v) is 3.56. The summed E-state index contributed by atoms with van der Waals surface area (Å²) in [5.74, 6) is 0.242. The molecule has 0 amide bonds. The normalized spacial score (nSPS) is 15.6. The van der Waals surface area contributed by atoms with Crippen LogP contribution in [0.4, 0.5) is 0 Å². The molecule has 0 atom stereocenters. The van der Waals surface area contributed by atoms with Crippen molar-refractivity contribution in [2.24, 2.45) is 0 Å². The van der Waals surface area contributed by atoms with Gasteiger partial charge < -0.3 is 4.74 Å². The largest absolute Gasteiger partial charge is 0.461 e. The van der Waals surface area contributed by atoms with E-state index >= 15 is 0 Å². The highest BCUT2D eigenvalue weighted by molar-refractivity contribution is 7.16. The minimum Gasteiger partial charge on any atom is -0.461 e. The first-order chi connectivity index (χ1) is 7.78. The summed E-state index contributed by atoms with van der Waals surface area (Å²) in [6.07, 6.45) is 4.08. The number of rotatable bonds is 3. The molecule has 1 aliphatic carbocycles. The van der Waals surface area contributed by atoms with E-state index in [0.717, 1.165) is 9.97 Å². The molecule has 1 fully saturated rings. The van der Waals surface area contributed by atoms with Gasteiger partial charge in [-0.25, -0.2) is 14.3 Å². The van der Waals surface area contributed by atoms with Crippen molar-refractivity contribution < 1.29 is 9.53 Å². The Morgan fingerprint density at radius 3 is 3.12 bits per heavy atom. The number of nitrogens with zero attached hydrogens (tertiary/aromatic N) is 3. The summed E-state index contributed by atoms with van der Waals surface area (Å²) in [4.78, 5) is 16.4. The summed E-state index contributed by atoms with van der Waals surface area (Å²) in [5.41, 5.74) is 0.336. The fourth-order valence-electron chi connectivity index (χ4n) is 1.51. The number of ether oxygens (including phenoxy) is 1. The molecule has 0 aliphatic heterocycles. The maximum absolute atomic E-state index is 11.4. The lowest BCUT2D eigenvalue weighted by Crippen LogP contribution is -2.04. The molecule has 1 aliphatic rings. The highest BCUT2D eigenvalue weighted by Gasteiger charge is 2.28. The first-order valence-electron chi connectivity index (χ1n) is 5.31. The zero-order valence-corrected chi connectivity index (χ0v) is 9.66. The minimum absolute atomic E-state index is 0.336. The standard InChI is InChI=1S/C10H11N3O2S/c1-2-15-9(14)7-5-13-10(11-7)16-8(12-13)6-3-4-6/h5-6H,2-4H2,1H3. The fourth-order valence-corrected chi connectivity index (χ4v) is 2.56. The van der Waals surface area contributed by atoms with Crippen molar-refractivity contribution in [2.45, 2.75) is 25.7 Å². The summed E-state index contributed by atoms with van der Waals surface area (Å²) < 4.78 is 6.55. The van der Waals surface area contributed by atoms with Crippen LogP contribution in [0.3, 0.4) is 0 Å². The molecule has 0 N–H and O–H groups in total. The molecule has 0 aromatic carbocycles. The predicted molar refractivity (Wildman–Crippen MR) is 58.8 cm³/mol. The third-order valence-electron chi connectivity index (χ3n) is 2.47. The SMILES string of the molecule is CCOC(=O)c1cn2nc(C3CC3)sc2n1. The molecule has 2 heterocycles. The number of esters is 1. The quantitative estimate of drug-likeness (QED) is 0.764. The molecule has 0 radical (unpaired) electrons. The van der Waals surface area contributed by atoms with Gasteiger partial charge >= 0.3 is 5.97 Å². The Labute approximate surface area is 96.1 Å². The first-order valence-corrected chi connectivity index (χ1v) is 6.13. The molecular weight excluding hydrogens is 226 g/mol. The van der Waals surface area contributed by atoms with Crippen molar-refractivity contribution in [3.05, 3.63) is 16.9 Å². The maximum Gasteiger partial charge on any atom is 0.358 e. The van der Waals surface area contributed by atoms with Gasteiger partial charge in [-0.2, -0.15) is 5.10 Å². The Morgan fingerprint density at radius 2 is 2.50 bits per heavy atom. The molecule has 0 unspecified atom stereocenters. The van der Waals surface area contributed by atoms with E-state index in [1.54, 1.807) is 29.0 Å². The Balaban J connectivity index is 1.91. The van der Waals surface area contributed by atoms with Gasteiger partial charge in [-0.15, -0.1) is 0 Å². The second-order valence-electron chi connectivity index (χ2n) is 3.79. The predicted octanol–water partition coefficient (Wildman–Crippen LogP) is 1.84. The second-order valence-corrected chi connectivity index (χ2v) is 4.78. The molecule has 1 saturated carbocycles. The summed E-state index contributed by atoms with van der Waals surface area (Å²) >= 11 is 1.56. The van der Waals surface area contributed by atoms with Crippen molar-refractivity contribution in [2.75, 3.05) is 6.61 Å². The van der Waals surface area contributed by atoms with Crippen LogP contribution in [0.15, 0.2) is 6.20 Å². The average Bonchev–Trinajstić information content (AvgIpc) is 2.90. The van der Waals surface area contributed by atoms with Gasteiger partial charge in [-0.1, -0.05) is 11.3 Å². The monoisotopic (exact) mass is 237 g/mol. The first kappa shape index (κ1) is 9.77. The van der Waals surface area contributed by atoms with E-state index in [0.29, 0.717) is 18.2 Å². The zero-order valence-electron chi connectivity index (χ0n) is 8.84. The van der Waals surface area contributed by atoms with Gasteiger partial charge in [0.1, 0.15) is 5.01 Å². The Bertz CT molecular complexity index is 510. The van der Waals surface area contributed by atoms with Crippen LogP contribution >= 0.6 is 11.3 Å². The van der Waals surface area contributed by atoms with E-state index in [1.807, 2.05) is 0 Å². The number of carbonyl (C=O) groups excluding carboxylic acids is 1. The van der Waals surface area contributed by atoms with Crippen molar-refractivity contribution in [1.82, 2.24) is 14.6 Å². The van der Waals surface area contributed by atoms with Crippen molar-refractivity contribution >= 4 is 22.3 Å². The van der Waals surface area contributed by atoms with Gasteiger partial charge in [-0.05, 0) is 19.8 Å². The number of hydrogen-bond acceptors (Lipinski definition) is 5. The van der Waals surface area contributed by atoms with E-state index in [9.17, 15) is 4.79 Å². The number of imidazole rings is 1. The highest BCUT2D eigenvalue weighted by atomic mass is 32.1. The molecular formula is C10H11N3O2S. The molecule has 16 heavy (non-hydrogen) atoms. The van der Waals surface area contributed by atoms with Gasteiger partial charge in [0.2, 0.25) is 4.96 Å². The van der Waals surface area contributed by atoms with Crippen LogP contribution < -0.4 is 0 Å². The Morgan fingerprint density at radius 1 is 1.69 bits per heavy atom. The molecule has 0 saturated heterocycles. The van der Waals surface area contributed by atoms with Crippen LogP contribution in [0.5, 0.6) is 0 Å².